The summed E-state index contributed by atoms with van der Waals surface area (Å²) in [5.74, 6) is 1.69. The van der Waals surface area contributed by atoms with Crippen LogP contribution in [0, 0.1) is 0 Å². The zero-order valence-electron chi connectivity index (χ0n) is 15.2. The number of aryl methyl sites for hydroxylation is 2. The van der Waals surface area contributed by atoms with Crippen molar-refractivity contribution in [3.8, 4) is 17.1 Å². The number of para-hydroxylation sites is 2. The van der Waals surface area contributed by atoms with Crippen molar-refractivity contribution in [2.45, 2.75) is 25.7 Å². The molecule has 138 valence electrons. The predicted octanol–water partition coefficient (Wildman–Crippen LogP) is 3.66. The quantitative estimate of drug-likeness (QED) is 0.692. The van der Waals surface area contributed by atoms with Crippen molar-refractivity contribution in [2.24, 2.45) is 0 Å². The summed E-state index contributed by atoms with van der Waals surface area (Å²) in [7, 11) is 1.61. The first-order chi connectivity index (χ1) is 13.3. The van der Waals surface area contributed by atoms with E-state index >= 15 is 0 Å². The van der Waals surface area contributed by atoms with Gasteiger partial charge in [0.15, 0.2) is 0 Å². The number of nitrogens with zero attached hydrogens (tertiary/aromatic N) is 3. The Morgan fingerprint density at radius 2 is 2.00 bits per heavy atom. The van der Waals surface area contributed by atoms with Gasteiger partial charge in [0.25, 0.3) is 0 Å². The molecule has 4 rings (SSSR count). The van der Waals surface area contributed by atoms with Crippen LogP contribution in [0.5, 0.6) is 5.75 Å². The highest BCUT2D eigenvalue weighted by Gasteiger charge is 2.22. The highest BCUT2D eigenvalue weighted by molar-refractivity contribution is 5.94. The normalized spacial score (nSPS) is 13.3. The molecule has 0 unspecified atom stereocenters. The van der Waals surface area contributed by atoms with Crippen molar-refractivity contribution < 1.29 is 14.1 Å². The van der Waals surface area contributed by atoms with E-state index in [1.807, 2.05) is 47.4 Å². The van der Waals surface area contributed by atoms with Gasteiger partial charge in [-0.2, -0.15) is 4.98 Å². The number of methoxy groups -OCH3 is 1. The average Bonchev–Trinajstić information content (AvgIpc) is 3.20. The fourth-order valence-corrected chi connectivity index (χ4v) is 3.44. The standard InChI is InChI=1S/C21H21N3O3/c1-26-18-11-5-3-9-16(18)21-22-19(27-23-21)12-13-20(25)24-14-6-8-15-7-2-4-10-17(15)24/h2-5,7,9-11H,6,8,12-14H2,1H3. The second kappa shape index (κ2) is 7.61. The first-order valence-electron chi connectivity index (χ1n) is 9.10. The molecule has 2 heterocycles. The Morgan fingerprint density at radius 1 is 1.19 bits per heavy atom. The Morgan fingerprint density at radius 3 is 2.89 bits per heavy atom. The van der Waals surface area contributed by atoms with E-state index in [0.29, 0.717) is 30.3 Å². The van der Waals surface area contributed by atoms with Crippen LogP contribution in [-0.4, -0.2) is 29.7 Å². The number of hydrogen-bond acceptors (Lipinski definition) is 5. The van der Waals surface area contributed by atoms with Crippen LogP contribution >= 0.6 is 0 Å². The van der Waals surface area contributed by atoms with Crippen molar-refractivity contribution >= 4 is 11.6 Å². The molecule has 3 aromatic rings. The van der Waals surface area contributed by atoms with E-state index in [1.54, 1.807) is 7.11 Å². The third kappa shape index (κ3) is 3.56. The summed E-state index contributed by atoms with van der Waals surface area (Å²) in [5.41, 5.74) is 3.02. The van der Waals surface area contributed by atoms with E-state index in [4.69, 9.17) is 9.26 Å². The minimum absolute atomic E-state index is 0.0826. The van der Waals surface area contributed by atoms with E-state index in [9.17, 15) is 4.79 Å². The van der Waals surface area contributed by atoms with Gasteiger partial charge in [0.05, 0.1) is 12.7 Å². The summed E-state index contributed by atoms with van der Waals surface area (Å²) in [6.45, 7) is 0.756. The molecule has 1 amide bonds. The molecule has 0 saturated heterocycles. The SMILES string of the molecule is COc1ccccc1-c1noc(CCC(=O)N2CCCc3ccccc32)n1. The molecular formula is C21H21N3O3. The largest absolute Gasteiger partial charge is 0.496 e. The van der Waals surface area contributed by atoms with Crippen LogP contribution in [0.2, 0.25) is 0 Å². The van der Waals surface area contributed by atoms with Gasteiger partial charge in [-0.3, -0.25) is 4.79 Å². The number of anilines is 1. The number of aromatic nitrogens is 2. The van der Waals surface area contributed by atoms with Crippen LogP contribution in [0.25, 0.3) is 11.4 Å². The molecule has 0 saturated carbocycles. The molecule has 0 fully saturated rings. The molecule has 27 heavy (non-hydrogen) atoms. The summed E-state index contributed by atoms with van der Waals surface area (Å²) >= 11 is 0. The zero-order valence-corrected chi connectivity index (χ0v) is 15.2. The lowest BCUT2D eigenvalue weighted by Crippen LogP contribution is -2.35. The number of carbonyl (C=O) groups excluding carboxylic acids is 1. The van der Waals surface area contributed by atoms with Crippen LogP contribution in [0.1, 0.15) is 24.3 Å². The molecule has 1 aliphatic heterocycles. The molecule has 0 aliphatic carbocycles. The number of carbonyl (C=O) groups is 1. The van der Waals surface area contributed by atoms with Crippen molar-refractivity contribution in [3.05, 3.63) is 60.0 Å². The third-order valence-electron chi connectivity index (χ3n) is 4.78. The van der Waals surface area contributed by atoms with Gasteiger partial charge < -0.3 is 14.2 Å². The van der Waals surface area contributed by atoms with Gasteiger partial charge in [-0.05, 0) is 36.6 Å². The van der Waals surface area contributed by atoms with E-state index in [1.165, 1.54) is 5.56 Å². The van der Waals surface area contributed by atoms with Gasteiger partial charge >= 0.3 is 0 Å². The molecule has 0 spiro atoms. The Bertz CT molecular complexity index is 951. The van der Waals surface area contributed by atoms with E-state index in [0.717, 1.165) is 30.6 Å². The molecule has 1 aliphatic rings. The highest BCUT2D eigenvalue weighted by atomic mass is 16.5. The summed E-state index contributed by atoms with van der Waals surface area (Å²) in [6.07, 6.45) is 2.76. The fourth-order valence-electron chi connectivity index (χ4n) is 3.44. The molecule has 1 aromatic heterocycles. The Hall–Kier alpha value is -3.15. The zero-order chi connectivity index (χ0) is 18.6. The maximum Gasteiger partial charge on any atom is 0.227 e. The fraction of sp³-hybridized carbons (Fsp3) is 0.286. The molecule has 0 N–H and O–H groups in total. The molecule has 0 atom stereocenters. The second-order valence-electron chi connectivity index (χ2n) is 6.49. The monoisotopic (exact) mass is 363 g/mol. The molecular weight excluding hydrogens is 342 g/mol. The summed E-state index contributed by atoms with van der Waals surface area (Å²) in [4.78, 5) is 19.0. The van der Waals surface area contributed by atoms with E-state index < -0.39 is 0 Å². The Labute approximate surface area is 157 Å². The van der Waals surface area contributed by atoms with Crippen LogP contribution in [0.15, 0.2) is 53.1 Å². The molecule has 6 nitrogen and oxygen atoms in total. The topological polar surface area (TPSA) is 68.5 Å². The number of rotatable bonds is 5. The van der Waals surface area contributed by atoms with Crippen LogP contribution in [0.4, 0.5) is 5.69 Å². The smallest absolute Gasteiger partial charge is 0.227 e. The van der Waals surface area contributed by atoms with Crippen LogP contribution in [0.3, 0.4) is 0 Å². The van der Waals surface area contributed by atoms with Gasteiger partial charge in [-0.1, -0.05) is 35.5 Å². The number of amides is 1. The molecule has 6 heteroatoms. The maximum absolute atomic E-state index is 12.7. The summed E-state index contributed by atoms with van der Waals surface area (Å²) in [6, 6.07) is 15.6. The van der Waals surface area contributed by atoms with Crippen LogP contribution in [-0.2, 0) is 17.6 Å². The maximum atomic E-state index is 12.7. The van der Waals surface area contributed by atoms with Gasteiger partial charge in [0, 0.05) is 25.1 Å². The average molecular weight is 363 g/mol. The van der Waals surface area contributed by atoms with Gasteiger partial charge in [0.1, 0.15) is 5.75 Å². The highest BCUT2D eigenvalue weighted by Crippen LogP contribution is 2.29. The number of benzene rings is 2. The first kappa shape index (κ1) is 17.3. The Kier molecular flexibility index (Phi) is 4.87. The minimum Gasteiger partial charge on any atom is -0.496 e. The number of fused-ring (bicyclic) bond motifs is 1. The number of ether oxygens (including phenoxy) is 1. The first-order valence-corrected chi connectivity index (χ1v) is 9.10. The van der Waals surface area contributed by atoms with Gasteiger partial charge in [-0.25, -0.2) is 0 Å². The molecule has 0 bridgehead atoms. The van der Waals surface area contributed by atoms with Crippen molar-refractivity contribution in [1.82, 2.24) is 10.1 Å². The molecule has 0 radical (unpaired) electrons. The second-order valence-corrected chi connectivity index (χ2v) is 6.49. The van der Waals surface area contributed by atoms with E-state index in [2.05, 4.69) is 16.2 Å². The lowest BCUT2D eigenvalue weighted by atomic mass is 10.0. The van der Waals surface area contributed by atoms with Crippen molar-refractivity contribution in [1.29, 1.82) is 0 Å². The van der Waals surface area contributed by atoms with E-state index in [-0.39, 0.29) is 5.91 Å². The third-order valence-corrected chi connectivity index (χ3v) is 4.78. The summed E-state index contributed by atoms with van der Waals surface area (Å²) in [5, 5.41) is 4.03. The molecule has 2 aromatic carbocycles. The lowest BCUT2D eigenvalue weighted by molar-refractivity contribution is -0.118. The summed E-state index contributed by atoms with van der Waals surface area (Å²) < 4.78 is 10.7. The van der Waals surface area contributed by atoms with Crippen LogP contribution < -0.4 is 9.64 Å². The minimum atomic E-state index is 0.0826. The van der Waals surface area contributed by atoms with Crippen molar-refractivity contribution in [3.63, 3.8) is 0 Å². The van der Waals surface area contributed by atoms with Gasteiger partial charge in [0.2, 0.25) is 17.6 Å². The van der Waals surface area contributed by atoms with Crippen molar-refractivity contribution in [2.75, 3.05) is 18.6 Å². The lowest BCUT2D eigenvalue weighted by Gasteiger charge is -2.29. The number of hydrogen-bond donors (Lipinski definition) is 0. The Balaban J connectivity index is 1.44. The predicted molar refractivity (Wildman–Crippen MR) is 102 cm³/mol. The van der Waals surface area contributed by atoms with Gasteiger partial charge in [-0.15, -0.1) is 0 Å².